The lowest BCUT2D eigenvalue weighted by Crippen LogP contribution is -2.01. The molecule has 0 fully saturated rings. The standard InChI is InChI=1S/C23H14O2S/c24-23(25)22-20-7-3-1-5-17(20)19(18-6-2-4-8-21(18)22)14-11-15-9-12-16(26)13-10-15/h1-10,12-13,26H,(H,24,25). The molecule has 0 amide bonds. The van der Waals surface area contributed by atoms with E-state index in [0.29, 0.717) is 16.3 Å². The monoisotopic (exact) mass is 354 g/mol. The molecule has 0 radical (unpaired) electrons. The number of carboxylic acid groups (broad SMARTS) is 1. The second-order valence-corrected chi connectivity index (χ2v) is 6.46. The normalized spacial score (nSPS) is 10.5. The summed E-state index contributed by atoms with van der Waals surface area (Å²) in [6.07, 6.45) is 0. The maximum Gasteiger partial charge on any atom is 0.336 e. The third-order valence-corrected chi connectivity index (χ3v) is 4.64. The summed E-state index contributed by atoms with van der Waals surface area (Å²) >= 11 is 4.29. The van der Waals surface area contributed by atoms with E-state index in [0.717, 1.165) is 26.8 Å². The summed E-state index contributed by atoms with van der Waals surface area (Å²) in [5, 5.41) is 12.9. The number of thiol groups is 1. The lowest BCUT2D eigenvalue weighted by atomic mass is 9.92. The molecule has 3 heteroatoms. The van der Waals surface area contributed by atoms with Gasteiger partial charge < -0.3 is 5.11 Å². The molecule has 2 nitrogen and oxygen atoms in total. The van der Waals surface area contributed by atoms with E-state index in [9.17, 15) is 9.90 Å². The van der Waals surface area contributed by atoms with Crippen molar-refractivity contribution in [2.45, 2.75) is 4.90 Å². The second-order valence-electron chi connectivity index (χ2n) is 5.94. The summed E-state index contributed by atoms with van der Waals surface area (Å²) in [5.74, 6) is 5.53. The van der Waals surface area contributed by atoms with Gasteiger partial charge in [0, 0.05) is 16.0 Å². The van der Waals surface area contributed by atoms with E-state index in [1.807, 2.05) is 72.8 Å². The first-order valence-corrected chi connectivity index (χ1v) is 8.57. The van der Waals surface area contributed by atoms with Crippen molar-refractivity contribution >= 4 is 40.1 Å². The van der Waals surface area contributed by atoms with Gasteiger partial charge in [-0.2, -0.15) is 0 Å². The number of hydrogen-bond acceptors (Lipinski definition) is 2. The molecule has 0 aromatic heterocycles. The molecule has 0 atom stereocenters. The van der Waals surface area contributed by atoms with Crippen LogP contribution in [0.4, 0.5) is 0 Å². The zero-order valence-corrected chi connectivity index (χ0v) is 14.6. The molecule has 4 rings (SSSR count). The smallest absolute Gasteiger partial charge is 0.336 e. The van der Waals surface area contributed by atoms with Crippen molar-refractivity contribution in [1.82, 2.24) is 0 Å². The first-order chi connectivity index (χ1) is 12.6. The Morgan fingerprint density at radius 3 is 1.73 bits per heavy atom. The highest BCUT2D eigenvalue weighted by Crippen LogP contribution is 2.32. The highest BCUT2D eigenvalue weighted by molar-refractivity contribution is 7.80. The van der Waals surface area contributed by atoms with Crippen molar-refractivity contribution in [1.29, 1.82) is 0 Å². The minimum Gasteiger partial charge on any atom is -0.478 e. The van der Waals surface area contributed by atoms with Crippen molar-refractivity contribution in [3.05, 3.63) is 89.5 Å². The predicted octanol–water partition coefficient (Wildman–Crippen LogP) is 5.38. The highest BCUT2D eigenvalue weighted by Gasteiger charge is 2.16. The second kappa shape index (κ2) is 6.59. The fourth-order valence-corrected chi connectivity index (χ4v) is 3.32. The zero-order valence-electron chi connectivity index (χ0n) is 13.7. The fraction of sp³-hybridized carbons (Fsp3) is 0. The van der Waals surface area contributed by atoms with Gasteiger partial charge in [0.1, 0.15) is 0 Å². The van der Waals surface area contributed by atoms with Gasteiger partial charge in [-0.1, -0.05) is 60.4 Å². The number of benzene rings is 4. The Labute approximate surface area is 156 Å². The summed E-state index contributed by atoms with van der Waals surface area (Å²) in [4.78, 5) is 12.8. The van der Waals surface area contributed by atoms with Crippen LogP contribution in [0.3, 0.4) is 0 Å². The molecular formula is C23H14O2S. The SMILES string of the molecule is O=C(O)c1c2ccccc2c(C#Cc2ccc(S)cc2)c2ccccc12. The van der Waals surface area contributed by atoms with E-state index >= 15 is 0 Å². The number of hydrogen-bond donors (Lipinski definition) is 2. The van der Waals surface area contributed by atoms with Crippen molar-refractivity contribution in [3.63, 3.8) is 0 Å². The number of fused-ring (bicyclic) bond motifs is 2. The van der Waals surface area contributed by atoms with E-state index in [4.69, 9.17) is 0 Å². The molecule has 1 N–H and O–H groups in total. The van der Waals surface area contributed by atoms with E-state index in [2.05, 4.69) is 24.5 Å². The highest BCUT2D eigenvalue weighted by atomic mass is 32.1. The van der Waals surface area contributed by atoms with Crippen molar-refractivity contribution < 1.29 is 9.90 Å². The van der Waals surface area contributed by atoms with Crippen LogP contribution in [0.15, 0.2) is 77.7 Å². The van der Waals surface area contributed by atoms with Gasteiger partial charge in [-0.15, -0.1) is 12.6 Å². The van der Waals surface area contributed by atoms with Gasteiger partial charge in [-0.3, -0.25) is 0 Å². The Morgan fingerprint density at radius 1 is 0.731 bits per heavy atom. The molecule has 0 heterocycles. The average molecular weight is 354 g/mol. The van der Waals surface area contributed by atoms with Crippen LogP contribution >= 0.6 is 12.6 Å². The minimum atomic E-state index is -0.929. The average Bonchev–Trinajstić information content (AvgIpc) is 2.66. The van der Waals surface area contributed by atoms with Gasteiger partial charge in [0.25, 0.3) is 0 Å². The van der Waals surface area contributed by atoms with Gasteiger partial charge in [0.15, 0.2) is 0 Å². The molecule has 0 aliphatic carbocycles. The molecule has 0 aliphatic heterocycles. The summed E-state index contributed by atoms with van der Waals surface area (Å²) in [5.41, 5.74) is 2.05. The van der Waals surface area contributed by atoms with Gasteiger partial charge in [0.05, 0.1) is 5.56 Å². The van der Waals surface area contributed by atoms with Crippen LogP contribution in [-0.2, 0) is 0 Å². The van der Waals surface area contributed by atoms with Gasteiger partial charge in [-0.25, -0.2) is 4.79 Å². The zero-order chi connectivity index (χ0) is 18.1. The predicted molar refractivity (Wildman–Crippen MR) is 108 cm³/mol. The number of rotatable bonds is 1. The molecule has 0 bridgehead atoms. The van der Waals surface area contributed by atoms with Crippen LogP contribution in [0.5, 0.6) is 0 Å². The van der Waals surface area contributed by atoms with Crippen LogP contribution in [0, 0.1) is 11.8 Å². The van der Waals surface area contributed by atoms with Crippen molar-refractivity contribution in [2.24, 2.45) is 0 Å². The van der Waals surface area contributed by atoms with Crippen molar-refractivity contribution in [3.8, 4) is 11.8 Å². The van der Waals surface area contributed by atoms with E-state index in [1.54, 1.807) is 0 Å². The Balaban J connectivity index is 2.07. The van der Waals surface area contributed by atoms with Crippen LogP contribution in [-0.4, -0.2) is 11.1 Å². The topological polar surface area (TPSA) is 37.3 Å². The Hall–Kier alpha value is -3.22. The van der Waals surface area contributed by atoms with Gasteiger partial charge in [-0.05, 0) is 45.8 Å². The van der Waals surface area contributed by atoms with Gasteiger partial charge in [0.2, 0.25) is 0 Å². The van der Waals surface area contributed by atoms with Crippen LogP contribution in [0.25, 0.3) is 21.5 Å². The third kappa shape index (κ3) is 2.81. The van der Waals surface area contributed by atoms with Gasteiger partial charge >= 0.3 is 5.97 Å². The Kier molecular flexibility index (Phi) is 4.12. The largest absolute Gasteiger partial charge is 0.478 e. The summed E-state index contributed by atoms with van der Waals surface area (Å²) in [7, 11) is 0. The summed E-state index contributed by atoms with van der Waals surface area (Å²) < 4.78 is 0. The fourth-order valence-electron chi connectivity index (χ4n) is 3.17. The maximum atomic E-state index is 11.9. The summed E-state index contributed by atoms with van der Waals surface area (Å²) in [6, 6.07) is 22.7. The van der Waals surface area contributed by atoms with E-state index in [1.165, 1.54) is 0 Å². The third-order valence-electron chi connectivity index (χ3n) is 4.34. The molecule has 0 spiro atoms. The first-order valence-electron chi connectivity index (χ1n) is 8.13. The van der Waals surface area contributed by atoms with Crippen LogP contribution < -0.4 is 0 Å². The molecular weight excluding hydrogens is 340 g/mol. The molecule has 124 valence electrons. The summed E-state index contributed by atoms with van der Waals surface area (Å²) in [6.45, 7) is 0. The van der Waals surface area contributed by atoms with E-state index in [-0.39, 0.29) is 0 Å². The first kappa shape index (κ1) is 16.3. The molecule has 4 aromatic rings. The minimum absolute atomic E-state index is 0.321. The Morgan fingerprint density at radius 2 is 1.23 bits per heavy atom. The Bertz CT molecular complexity index is 1160. The molecule has 0 saturated carbocycles. The number of carboxylic acids is 1. The lowest BCUT2D eigenvalue weighted by Gasteiger charge is -2.11. The number of carbonyl (C=O) groups is 1. The van der Waals surface area contributed by atoms with E-state index < -0.39 is 5.97 Å². The molecule has 0 aliphatic rings. The van der Waals surface area contributed by atoms with Crippen molar-refractivity contribution in [2.75, 3.05) is 0 Å². The molecule has 0 unspecified atom stereocenters. The van der Waals surface area contributed by atoms with Crippen LogP contribution in [0.1, 0.15) is 21.5 Å². The quantitative estimate of drug-likeness (QED) is 0.274. The molecule has 26 heavy (non-hydrogen) atoms. The molecule has 4 aromatic carbocycles. The van der Waals surface area contributed by atoms with Crippen LogP contribution in [0.2, 0.25) is 0 Å². The molecule has 0 saturated heterocycles. The lowest BCUT2D eigenvalue weighted by molar-refractivity contribution is 0.0701. The maximum absolute atomic E-state index is 11.9. The number of aromatic carboxylic acids is 1.